The van der Waals surface area contributed by atoms with Gasteiger partial charge in [-0.25, -0.2) is 0 Å². The van der Waals surface area contributed by atoms with E-state index in [1.165, 1.54) is 10.5 Å². The van der Waals surface area contributed by atoms with Crippen molar-refractivity contribution in [2.24, 2.45) is 5.73 Å². The fourth-order valence-electron chi connectivity index (χ4n) is 1.29. The van der Waals surface area contributed by atoms with Gasteiger partial charge in [0.2, 0.25) is 0 Å². The van der Waals surface area contributed by atoms with E-state index in [0.29, 0.717) is 0 Å². The molecule has 0 amide bonds. The fourth-order valence-corrected chi connectivity index (χ4v) is 1.96. The zero-order valence-corrected chi connectivity index (χ0v) is 9.40. The second-order valence-electron chi connectivity index (χ2n) is 2.98. The minimum absolute atomic E-state index is 0.0334. The lowest BCUT2D eigenvalue weighted by molar-refractivity contribution is 0.738. The summed E-state index contributed by atoms with van der Waals surface area (Å²) in [6.07, 6.45) is 2.80. The van der Waals surface area contributed by atoms with Gasteiger partial charge in [0.05, 0.1) is 0 Å². The quantitative estimate of drug-likeness (QED) is 0.606. The average molecular weight is 205 g/mol. The molecule has 0 aliphatic rings. The van der Waals surface area contributed by atoms with Crippen molar-refractivity contribution < 1.29 is 0 Å². The summed E-state index contributed by atoms with van der Waals surface area (Å²) in [5, 5.41) is 0. The molecule has 1 unspecified atom stereocenters. The van der Waals surface area contributed by atoms with Crippen LogP contribution < -0.4 is 5.73 Å². The third-order valence-electron chi connectivity index (χ3n) is 2.04. The monoisotopic (exact) mass is 205 g/mol. The van der Waals surface area contributed by atoms with Gasteiger partial charge >= 0.3 is 0 Å². The second-order valence-corrected chi connectivity index (χ2v) is 3.83. The Morgan fingerprint density at radius 1 is 1.43 bits per heavy atom. The molecule has 0 bridgehead atoms. The van der Waals surface area contributed by atoms with Crippen LogP contribution >= 0.6 is 11.8 Å². The van der Waals surface area contributed by atoms with Gasteiger partial charge in [-0.2, -0.15) is 0 Å². The van der Waals surface area contributed by atoms with Crippen LogP contribution in [0, 0.1) is 11.8 Å². The summed E-state index contributed by atoms with van der Waals surface area (Å²) in [5.41, 5.74) is 7.24. The van der Waals surface area contributed by atoms with Crippen molar-refractivity contribution in [1.82, 2.24) is 0 Å². The Labute approximate surface area is 90.1 Å². The van der Waals surface area contributed by atoms with Crippen LogP contribution in [0.2, 0.25) is 0 Å². The van der Waals surface area contributed by atoms with Gasteiger partial charge in [-0.15, -0.1) is 23.6 Å². The molecule has 2 N–H and O–H groups in total. The molecule has 2 heteroatoms. The van der Waals surface area contributed by atoms with Crippen LogP contribution in [0.25, 0.3) is 0 Å². The molecule has 1 atom stereocenters. The van der Waals surface area contributed by atoms with Crippen LogP contribution in [0.1, 0.15) is 24.9 Å². The molecule has 1 nitrogen and oxygen atoms in total. The Morgan fingerprint density at radius 2 is 2.14 bits per heavy atom. The highest BCUT2D eigenvalue weighted by molar-refractivity contribution is 7.98. The van der Waals surface area contributed by atoms with E-state index in [2.05, 4.69) is 30.2 Å². The van der Waals surface area contributed by atoms with Gasteiger partial charge in [0.15, 0.2) is 0 Å². The molecule has 1 aromatic carbocycles. The number of benzene rings is 1. The SMILES string of the molecule is CC#CCC(N)c1ccccc1SC. The maximum Gasteiger partial charge on any atom is 0.0416 e. The molecule has 74 valence electrons. The summed E-state index contributed by atoms with van der Waals surface area (Å²) in [5.74, 6) is 5.88. The Balaban J connectivity index is 2.85. The standard InChI is InChI=1S/C12H15NS/c1-3-4-8-11(13)10-7-5-6-9-12(10)14-2/h5-7,9,11H,8,13H2,1-2H3. The first-order chi connectivity index (χ1) is 6.79. The largest absolute Gasteiger partial charge is 0.323 e. The molecule has 1 rings (SSSR count). The van der Waals surface area contributed by atoms with Crippen LogP contribution in [0.15, 0.2) is 29.2 Å². The number of nitrogens with two attached hydrogens (primary N) is 1. The molecule has 0 heterocycles. The van der Waals surface area contributed by atoms with Crippen LogP contribution in [0.5, 0.6) is 0 Å². The average Bonchev–Trinajstić information content (AvgIpc) is 2.25. The predicted molar refractivity (Wildman–Crippen MR) is 63.2 cm³/mol. The highest BCUT2D eigenvalue weighted by Gasteiger charge is 2.08. The molecule has 1 aromatic rings. The van der Waals surface area contributed by atoms with Crippen LogP contribution in [0.3, 0.4) is 0 Å². The van der Waals surface area contributed by atoms with Crippen molar-refractivity contribution in [3.63, 3.8) is 0 Å². The minimum atomic E-state index is 0.0334. The van der Waals surface area contributed by atoms with E-state index < -0.39 is 0 Å². The molecule has 14 heavy (non-hydrogen) atoms. The molecular weight excluding hydrogens is 190 g/mol. The van der Waals surface area contributed by atoms with E-state index in [1.54, 1.807) is 11.8 Å². The molecule has 0 aliphatic heterocycles. The number of hydrogen-bond donors (Lipinski definition) is 1. The Bertz CT molecular complexity index is 349. The smallest absolute Gasteiger partial charge is 0.0416 e. The van der Waals surface area contributed by atoms with Crippen LogP contribution in [-0.2, 0) is 0 Å². The third-order valence-corrected chi connectivity index (χ3v) is 2.85. The summed E-state index contributed by atoms with van der Waals surface area (Å²) < 4.78 is 0. The van der Waals surface area contributed by atoms with E-state index in [1.807, 2.05) is 19.1 Å². The molecule has 0 saturated heterocycles. The zero-order valence-electron chi connectivity index (χ0n) is 8.58. The second kappa shape index (κ2) is 5.74. The maximum atomic E-state index is 6.04. The Hall–Kier alpha value is -0.910. The number of thioether (sulfide) groups is 1. The molecule has 0 radical (unpaired) electrons. The molecular formula is C12H15NS. The lowest BCUT2D eigenvalue weighted by atomic mass is 10.1. The summed E-state index contributed by atoms with van der Waals surface area (Å²) in [6.45, 7) is 1.84. The summed E-state index contributed by atoms with van der Waals surface area (Å²) in [4.78, 5) is 1.25. The number of rotatable bonds is 3. The zero-order chi connectivity index (χ0) is 10.4. The van der Waals surface area contributed by atoms with Gasteiger partial charge in [-0.1, -0.05) is 18.2 Å². The van der Waals surface area contributed by atoms with Crippen molar-refractivity contribution in [3.05, 3.63) is 29.8 Å². The normalized spacial score (nSPS) is 11.6. The van der Waals surface area contributed by atoms with Gasteiger partial charge in [0.25, 0.3) is 0 Å². The van der Waals surface area contributed by atoms with E-state index in [4.69, 9.17) is 5.73 Å². The van der Waals surface area contributed by atoms with Crippen LogP contribution in [-0.4, -0.2) is 6.26 Å². The highest BCUT2D eigenvalue weighted by Crippen LogP contribution is 2.25. The lowest BCUT2D eigenvalue weighted by Gasteiger charge is -2.12. The maximum absolute atomic E-state index is 6.04. The molecule has 0 fully saturated rings. The van der Waals surface area contributed by atoms with Crippen molar-refractivity contribution >= 4 is 11.8 Å². The summed E-state index contributed by atoms with van der Waals surface area (Å²) >= 11 is 1.73. The first-order valence-corrected chi connectivity index (χ1v) is 5.80. The lowest BCUT2D eigenvalue weighted by Crippen LogP contribution is -2.10. The topological polar surface area (TPSA) is 26.0 Å². The minimum Gasteiger partial charge on any atom is -0.323 e. The molecule has 0 spiro atoms. The van der Waals surface area contributed by atoms with Gasteiger partial charge in [-0.3, -0.25) is 0 Å². The highest BCUT2D eigenvalue weighted by atomic mass is 32.2. The summed E-state index contributed by atoms with van der Waals surface area (Å²) in [6, 6.07) is 8.26. The van der Waals surface area contributed by atoms with Gasteiger partial charge in [-0.05, 0) is 24.8 Å². The number of hydrogen-bond acceptors (Lipinski definition) is 2. The van der Waals surface area contributed by atoms with Crippen LogP contribution in [0.4, 0.5) is 0 Å². The van der Waals surface area contributed by atoms with Crippen molar-refractivity contribution in [1.29, 1.82) is 0 Å². The molecule has 0 aliphatic carbocycles. The van der Waals surface area contributed by atoms with E-state index in [9.17, 15) is 0 Å². The van der Waals surface area contributed by atoms with Crippen molar-refractivity contribution in [2.75, 3.05) is 6.26 Å². The predicted octanol–water partition coefficient (Wildman–Crippen LogP) is 2.82. The van der Waals surface area contributed by atoms with Gasteiger partial charge in [0, 0.05) is 17.4 Å². The van der Waals surface area contributed by atoms with Gasteiger partial charge in [0.1, 0.15) is 0 Å². The van der Waals surface area contributed by atoms with Crippen molar-refractivity contribution in [2.45, 2.75) is 24.3 Å². The summed E-state index contributed by atoms with van der Waals surface area (Å²) in [7, 11) is 0. The third kappa shape index (κ3) is 2.80. The van der Waals surface area contributed by atoms with Crippen molar-refractivity contribution in [3.8, 4) is 11.8 Å². The van der Waals surface area contributed by atoms with Gasteiger partial charge < -0.3 is 5.73 Å². The fraction of sp³-hybridized carbons (Fsp3) is 0.333. The molecule has 0 saturated carbocycles. The molecule has 0 aromatic heterocycles. The first kappa shape index (κ1) is 11.2. The van der Waals surface area contributed by atoms with E-state index >= 15 is 0 Å². The van der Waals surface area contributed by atoms with E-state index in [0.717, 1.165) is 6.42 Å². The Kier molecular flexibility index (Phi) is 4.58. The first-order valence-electron chi connectivity index (χ1n) is 4.57. The Morgan fingerprint density at radius 3 is 2.79 bits per heavy atom. The van der Waals surface area contributed by atoms with E-state index in [-0.39, 0.29) is 6.04 Å².